The van der Waals surface area contributed by atoms with Crippen LogP contribution < -0.4 is 10.1 Å². The van der Waals surface area contributed by atoms with E-state index < -0.39 is 5.44 Å². The molecule has 1 aromatic carbocycles. The molecule has 0 fully saturated rings. The van der Waals surface area contributed by atoms with Crippen LogP contribution in [0.2, 0.25) is 0 Å². The van der Waals surface area contributed by atoms with Crippen LogP contribution in [0.25, 0.3) is 10.9 Å². The maximum Gasteiger partial charge on any atom is 0.272 e. The van der Waals surface area contributed by atoms with Crippen LogP contribution in [0, 0.1) is 0 Å². The zero-order valence-corrected chi connectivity index (χ0v) is 15.3. The molecular weight excluding hydrogens is 332 g/mol. The second kappa shape index (κ2) is 7.41. The largest absolute Gasteiger partial charge is 0.470 e. The Morgan fingerprint density at radius 3 is 2.74 bits per heavy atom. The smallest absolute Gasteiger partial charge is 0.272 e. The maximum atomic E-state index is 12.3. The molecule has 1 amide bonds. The van der Waals surface area contributed by atoms with Crippen LogP contribution in [-0.2, 0) is 10.7 Å². The Labute approximate surface area is 146 Å². The van der Waals surface area contributed by atoms with Gasteiger partial charge in [0, 0.05) is 23.0 Å². The van der Waals surface area contributed by atoms with Gasteiger partial charge in [-0.25, -0.2) is 0 Å². The number of fused-ring (bicyclic) bond motifs is 1. The van der Waals surface area contributed by atoms with E-state index in [1.165, 1.54) is 11.8 Å². The number of rotatable bonds is 5. The number of benzene rings is 1. The van der Waals surface area contributed by atoms with E-state index in [9.17, 15) is 4.79 Å². The van der Waals surface area contributed by atoms with Crippen LogP contribution in [0.3, 0.4) is 0 Å². The molecule has 4 nitrogen and oxygen atoms in total. The van der Waals surface area contributed by atoms with Gasteiger partial charge in [-0.3, -0.25) is 9.78 Å². The summed E-state index contributed by atoms with van der Waals surface area (Å²) in [7, 11) is 0. The number of hydrogen-bond donors (Lipinski definition) is 1. The lowest BCUT2D eigenvalue weighted by atomic mass is 10.1. The fourth-order valence-electron chi connectivity index (χ4n) is 2.06. The van der Waals surface area contributed by atoms with Crippen LogP contribution in [0.1, 0.15) is 26.3 Å². The van der Waals surface area contributed by atoms with Crippen LogP contribution in [0.4, 0.5) is 0 Å². The van der Waals surface area contributed by atoms with Crippen molar-refractivity contribution < 1.29 is 9.53 Å². The van der Waals surface area contributed by atoms with Gasteiger partial charge in [-0.05, 0) is 56.9 Å². The van der Waals surface area contributed by atoms with E-state index in [-0.39, 0.29) is 11.4 Å². The van der Waals surface area contributed by atoms with E-state index >= 15 is 0 Å². The second-order valence-corrected chi connectivity index (χ2v) is 7.42. The predicted molar refractivity (Wildman–Crippen MR) is 97.1 cm³/mol. The van der Waals surface area contributed by atoms with Gasteiger partial charge in [0.05, 0.1) is 5.52 Å². The lowest BCUT2D eigenvalue weighted by molar-refractivity contribution is -0.125. The van der Waals surface area contributed by atoms with Gasteiger partial charge in [0.25, 0.3) is 5.91 Å². The molecule has 6 heteroatoms. The zero-order valence-electron chi connectivity index (χ0n) is 13.7. The SMILES string of the molecule is CSC(Oc1ccc2ncc(CCl)cc2c1)C(=O)NC(C)(C)C. The summed E-state index contributed by atoms with van der Waals surface area (Å²) in [6.45, 7) is 5.83. The van der Waals surface area contributed by atoms with Crippen LogP contribution in [0.15, 0.2) is 30.5 Å². The summed E-state index contributed by atoms with van der Waals surface area (Å²) in [5, 5.41) is 3.87. The number of pyridine rings is 1. The van der Waals surface area contributed by atoms with Crippen molar-refractivity contribution in [3.05, 3.63) is 36.0 Å². The van der Waals surface area contributed by atoms with Crippen molar-refractivity contribution in [3.8, 4) is 5.75 Å². The number of carbonyl (C=O) groups is 1. The first kappa shape index (κ1) is 17.9. The number of thioether (sulfide) groups is 1. The fourth-order valence-corrected chi connectivity index (χ4v) is 2.69. The van der Waals surface area contributed by atoms with Gasteiger partial charge in [-0.15, -0.1) is 23.4 Å². The van der Waals surface area contributed by atoms with Gasteiger partial charge in [0.1, 0.15) is 5.75 Å². The minimum Gasteiger partial charge on any atom is -0.470 e. The van der Waals surface area contributed by atoms with E-state index in [4.69, 9.17) is 16.3 Å². The molecule has 2 rings (SSSR count). The number of nitrogens with zero attached hydrogens (tertiary/aromatic N) is 1. The molecule has 1 unspecified atom stereocenters. The third kappa shape index (κ3) is 5.01. The molecule has 0 aliphatic heterocycles. The second-order valence-electron chi connectivity index (χ2n) is 6.26. The van der Waals surface area contributed by atoms with Crippen molar-refractivity contribution in [2.75, 3.05) is 6.26 Å². The van der Waals surface area contributed by atoms with E-state index in [0.29, 0.717) is 11.6 Å². The van der Waals surface area contributed by atoms with E-state index in [1.807, 2.05) is 51.3 Å². The van der Waals surface area contributed by atoms with Gasteiger partial charge in [0.2, 0.25) is 5.44 Å². The van der Waals surface area contributed by atoms with Crippen molar-refractivity contribution in [1.29, 1.82) is 0 Å². The van der Waals surface area contributed by atoms with Gasteiger partial charge in [-0.2, -0.15) is 0 Å². The molecule has 0 spiro atoms. The normalized spacial score (nSPS) is 12.9. The third-order valence-electron chi connectivity index (χ3n) is 3.03. The number of halogens is 1. The molecule has 0 radical (unpaired) electrons. The van der Waals surface area contributed by atoms with Gasteiger partial charge < -0.3 is 10.1 Å². The summed E-state index contributed by atoms with van der Waals surface area (Å²) in [6.07, 6.45) is 3.61. The Kier molecular flexibility index (Phi) is 5.76. The highest BCUT2D eigenvalue weighted by Gasteiger charge is 2.23. The van der Waals surface area contributed by atoms with Crippen LogP contribution >= 0.6 is 23.4 Å². The Morgan fingerprint density at radius 2 is 2.13 bits per heavy atom. The first-order valence-corrected chi connectivity index (χ1v) is 9.11. The predicted octanol–water partition coefficient (Wildman–Crippen LogP) is 3.96. The molecule has 0 saturated carbocycles. The average Bonchev–Trinajstić information content (AvgIpc) is 2.49. The molecule has 1 heterocycles. The Morgan fingerprint density at radius 1 is 1.39 bits per heavy atom. The van der Waals surface area contributed by atoms with Crippen LogP contribution in [0.5, 0.6) is 5.75 Å². The molecule has 1 aromatic heterocycles. The number of aromatic nitrogens is 1. The molecule has 23 heavy (non-hydrogen) atoms. The van der Waals surface area contributed by atoms with Crippen molar-refractivity contribution in [1.82, 2.24) is 10.3 Å². The molecular formula is C17H21ClN2O2S. The lowest BCUT2D eigenvalue weighted by Gasteiger charge is -2.24. The number of hydrogen-bond acceptors (Lipinski definition) is 4. The number of amides is 1. The highest BCUT2D eigenvalue weighted by molar-refractivity contribution is 7.99. The van der Waals surface area contributed by atoms with Gasteiger partial charge in [-0.1, -0.05) is 0 Å². The summed E-state index contributed by atoms with van der Waals surface area (Å²) in [5.41, 5.74) is 0.918. The fraction of sp³-hybridized carbons (Fsp3) is 0.412. The molecule has 1 atom stereocenters. The monoisotopic (exact) mass is 352 g/mol. The third-order valence-corrected chi connectivity index (χ3v) is 4.08. The summed E-state index contributed by atoms with van der Waals surface area (Å²) in [6, 6.07) is 7.56. The van der Waals surface area contributed by atoms with Gasteiger partial charge in [0.15, 0.2) is 0 Å². The van der Waals surface area contributed by atoms with Crippen molar-refractivity contribution in [2.45, 2.75) is 37.6 Å². The Balaban J connectivity index is 2.20. The number of ether oxygens (including phenoxy) is 1. The summed E-state index contributed by atoms with van der Waals surface area (Å²) >= 11 is 7.20. The topological polar surface area (TPSA) is 51.2 Å². The van der Waals surface area contributed by atoms with E-state index in [2.05, 4.69) is 10.3 Å². The molecule has 2 aromatic rings. The van der Waals surface area contributed by atoms with Crippen molar-refractivity contribution >= 4 is 40.2 Å². The molecule has 124 valence electrons. The first-order chi connectivity index (χ1) is 10.8. The standard InChI is InChI=1S/C17H21ClN2O2S/c1-17(2,3)20-15(21)16(23-4)22-13-5-6-14-12(8-13)7-11(9-18)10-19-14/h5-8,10,16H,9H2,1-4H3,(H,20,21). The highest BCUT2D eigenvalue weighted by Crippen LogP contribution is 2.24. The lowest BCUT2D eigenvalue weighted by Crippen LogP contribution is -2.46. The zero-order chi connectivity index (χ0) is 17.0. The number of nitrogens with one attached hydrogen (secondary N) is 1. The summed E-state index contributed by atoms with van der Waals surface area (Å²) in [5.74, 6) is 0.905. The molecule has 1 N–H and O–H groups in total. The Hall–Kier alpha value is -1.46. The minimum atomic E-state index is -0.601. The minimum absolute atomic E-state index is 0.141. The molecule has 0 saturated heterocycles. The Bertz CT molecular complexity index is 701. The van der Waals surface area contributed by atoms with Crippen LogP contribution in [-0.4, -0.2) is 28.1 Å². The molecule has 0 bridgehead atoms. The molecule has 0 aliphatic rings. The number of alkyl halides is 1. The van der Waals surface area contributed by atoms with E-state index in [0.717, 1.165) is 16.5 Å². The number of carbonyl (C=O) groups excluding carboxylic acids is 1. The van der Waals surface area contributed by atoms with E-state index in [1.54, 1.807) is 6.20 Å². The van der Waals surface area contributed by atoms with Crippen molar-refractivity contribution in [3.63, 3.8) is 0 Å². The summed E-state index contributed by atoms with van der Waals surface area (Å²) < 4.78 is 5.84. The maximum absolute atomic E-state index is 12.3. The molecule has 0 aliphatic carbocycles. The highest BCUT2D eigenvalue weighted by atomic mass is 35.5. The first-order valence-electron chi connectivity index (χ1n) is 7.28. The van der Waals surface area contributed by atoms with Crippen molar-refractivity contribution in [2.24, 2.45) is 0 Å². The summed E-state index contributed by atoms with van der Waals surface area (Å²) in [4.78, 5) is 16.6. The average molecular weight is 353 g/mol. The quantitative estimate of drug-likeness (QED) is 0.653. The van der Waals surface area contributed by atoms with Gasteiger partial charge >= 0.3 is 0 Å².